The number of nitrogens with one attached hydrogen (secondary N) is 1. The summed E-state index contributed by atoms with van der Waals surface area (Å²) in [4.78, 5) is 27.3. The van der Waals surface area contributed by atoms with E-state index in [2.05, 4.69) is 5.32 Å². The number of rotatable bonds is 3. The monoisotopic (exact) mass is 422 g/mol. The van der Waals surface area contributed by atoms with Crippen molar-refractivity contribution in [3.05, 3.63) is 93.8 Å². The van der Waals surface area contributed by atoms with Crippen molar-refractivity contribution in [1.29, 1.82) is 0 Å². The highest BCUT2D eigenvalue weighted by Gasteiger charge is 2.24. The molecule has 1 aliphatic rings. The van der Waals surface area contributed by atoms with Gasteiger partial charge < -0.3 is 10.2 Å². The molecule has 4 nitrogen and oxygen atoms in total. The van der Waals surface area contributed by atoms with Gasteiger partial charge in [-0.3, -0.25) is 9.59 Å². The largest absolute Gasteiger partial charge is 0.322 e. The number of aryl methyl sites for hydroxylation is 2. The number of hydrogen-bond donors (Lipinski definition) is 1. The summed E-state index contributed by atoms with van der Waals surface area (Å²) >= 11 is 5.98. The van der Waals surface area contributed by atoms with Gasteiger partial charge in [-0.05, 0) is 91.6 Å². The lowest BCUT2D eigenvalue weighted by Gasteiger charge is -2.30. The molecule has 152 valence electrons. The molecule has 1 N–H and O–H groups in total. The maximum atomic E-state index is 13.2. The van der Waals surface area contributed by atoms with Crippen LogP contribution in [0.25, 0.3) is 0 Å². The van der Waals surface area contributed by atoms with Gasteiger partial charge in [0.15, 0.2) is 0 Å². The van der Waals surface area contributed by atoms with E-state index in [1.807, 2.05) is 13.0 Å². The summed E-state index contributed by atoms with van der Waals surface area (Å²) in [5.74, 6) is -0.771. The summed E-state index contributed by atoms with van der Waals surface area (Å²) in [5.41, 5.74) is 4.27. The fourth-order valence-electron chi connectivity index (χ4n) is 3.66. The first-order valence-electron chi connectivity index (χ1n) is 9.70. The molecule has 1 aliphatic heterocycles. The fraction of sp³-hybridized carbons (Fsp3) is 0.167. The minimum absolute atomic E-state index is 0.176. The van der Waals surface area contributed by atoms with Crippen LogP contribution in [0.15, 0.2) is 60.7 Å². The van der Waals surface area contributed by atoms with E-state index < -0.39 is 0 Å². The van der Waals surface area contributed by atoms with Crippen molar-refractivity contribution >= 4 is 34.8 Å². The lowest BCUT2D eigenvalue weighted by atomic mass is 9.98. The Morgan fingerprint density at radius 3 is 2.47 bits per heavy atom. The van der Waals surface area contributed by atoms with Crippen molar-refractivity contribution in [3.8, 4) is 0 Å². The molecule has 0 fully saturated rings. The molecule has 0 aromatic heterocycles. The molecule has 0 saturated heterocycles. The van der Waals surface area contributed by atoms with Crippen LogP contribution in [0, 0.1) is 12.7 Å². The molecule has 0 saturated carbocycles. The summed E-state index contributed by atoms with van der Waals surface area (Å²) in [5, 5.41) is 3.53. The first-order valence-corrected chi connectivity index (χ1v) is 10.1. The van der Waals surface area contributed by atoms with Crippen LogP contribution >= 0.6 is 11.6 Å². The van der Waals surface area contributed by atoms with Crippen molar-refractivity contribution in [2.45, 2.75) is 19.8 Å². The van der Waals surface area contributed by atoms with Gasteiger partial charge in [-0.2, -0.15) is 0 Å². The highest BCUT2D eigenvalue weighted by atomic mass is 35.5. The van der Waals surface area contributed by atoms with Crippen molar-refractivity contribution in [3.63, 3.8) is 0 Å². The SMILES string of the molecule is Cc1cc(Cl)ccc1NC(=O)c1ccc2c(c1)CCCN2C(=O)c1ccc(F)cc1. The summed E-state index contributed by atoms with van der Waals surface area (Å²) in [6.07, 6.45) is 1.57. The van der Waals surface area contributed by atoms with E-state index in [9.17, 15) is 14.0 Å². The number of anilines is 2. The molecule has 0 radical (unpaired) electrons. The zero-order chi connectivity index (χ0) is 21.3. The van der Waals surface area contributed by atoms with E-state index in [1.54, 1.807) is 35.2 Å². The fourth-order valence-corrected chi connectivity index (χ4v) is 3.89. The zero-order valence-corrected chi connectivity index (χ0v) is 17.2. The number of carbonyl (C=O) groups excluding carboxylic acids is 2. The molecule has 30 heavy (non-hydrogen) atoms. The molecule has 0 aliphatic carbocycles. The molecule has 0 spiro atoms. The van der Waals surface area contributed by atoms with Crippen molar-refractivity contribution in [1.82, 2.24) is 0 Å². The van der Waals surface area contributed by atoms with Crippen LogP contribution in [-0.4, -0.2) is 18.4 Å². The Hall–Kier alpha value is -3.18. The second-order valence-corrected chi connectivity index (χ2v) is 7.76. The highest BCUT2D eigenvalue weighted by Crippen LogP contribution is 2.30. The van der Waals surface area contributed by atoms with Gasteiger partial charge in [0.2, 0.25) is 0 Å². The first-order chi connectivity index (χ1) is 14.4. The van der Waals surface area contributed by atoms with Crippen LogP contribution in [0.1, 0.15) is 38.3 Å². The molecule has 6 heteroatoms. The van der Waals surface area contributed by atoms with E-state index in [1.165, 1.54) is 24.3 Å². The Labute approximate surface area is 179 Å². The molecular formula is C24H20ClFN2O2. The van der Waals surface area contributed by atoms with E-state index >= 15 is 0 Å². The van der Waals surface area contributed by atoms with E-state index in [0.29, 0.717) is 28.4 Å². The highest BCUT2D eigenvalue weighted by molar-refractivity contribution is 6.30. The molecule has 0 unspecified atom stereocenters. The number of benzene rings is 3. The quantitative estimate of drug-likeness (QED) is 0.594. The molecule has 3 aromatic rings. The van der Waals surface area contributed by atoms with Crippen LogP contribution < -0.4 is 10.2 Å². The zero-order valence-electron chi connectivity index (χ0n) is 16.4. The van der Waals surface area contributed by atoms with Gasteiger partial charge in [0.1, 0.15) is 5.82 Å². The normalized spacial score (nSPS) is 13.0. The third-order valence-corrected chi connectivity index (χ3v) is 5.47. The van der Waals surface area contributed by atoms with E-state index in [4.69, 9.17) is 11.6 Å². The summed E-state index contributed by atoms with van der Waals surface area (Å²) in [6, 6.07) is 16.2. The van der Waals surface area contributed by atoms with Crippen LogP contribution in [0.5, 0.6) is 0 Å². The number of nitrogens with zero attached hydrogens (tertiary/aromatic N) is 1. The van der Waals surface area contributed by atoms with Gasteiger partial charge in [-0.1, -0.05) is 11.6 Å². The Morgan fingerprint density at radius 2 is 1.73 bits per heavy atom. The van der Waals surface area contributed by atoms with Gasteiger partial charge in [-0.15, -0.1) is 0 Å². The molecule has 3 aromatic carbocycles. The number of halogens is 2. The minimum atomic E-state index is -0.378. The van der Waals surface area contributed by atoms with Gasteiger partial charge >= 0.3 is 0 Å². The first kappa shape index (κ1) is 20.1. The number of carbonyl (C=O) groups is 2. The van der Waals surface area contributed by atoms with Crippen LogP contribution in [0.2, 0.25) is 5.02 Å². The van der Waals surface area contributed by atoms with Gasteiger partial charge in [0, 0.05) is 34.1 Å². The molecule has 4 rings (SSSR count). The summed E-state index contributed by atoms with van der Waals surface area (Å²) in [6.45, 7) is 2.46. The molecule has 0 atom stereocenters. The molecule has 0 bridgehead atoms. The molecule has 2 amide bonds. The standard InChI is InChI=1S/C24H20ClFN2O2/c1-15-13-19(25)7-10-21(15)27-23(29)18-6-11-22-17(14-18)3-2-12-28(22)24(30)16-4-8-20(26)9-5-16/h4-11,13-14H,2-3,12H2,1H3,(H,27,29). The number of fused-ring (bicyclic) bond motifs is 1. The topological polar surface area (TPSA) is 49.4 Å². The number of amides is 2. The van der Waals surface area contributed by atoms with E-state index in [0.717, 1.165) is 29.7 Å². The summed E-state index contributed by atoms with van der Waals surface area (Å²) < 4.78 is 13.2. The molecular weight excluding hydrogens is 403 g/mol. The van der Waals surface area contributed by atoms with Crippen LogP contribution in [-0.2, 0) is 6.42 Å². The Bertz CT molecular complexity index is 1130. The Morgan fingerprint density at radius 1 is 1.00 bits per heavy atom. The third kappa shape index (κ3) is 4.07. The summed E-state index contributed by atoms with van der Waals surface area (Å²) in [7, 11) is 0. The van der Waals surface area contributed by atoms with Crippen molar-refractivity contribution in [2.75, 3.05) is 16.8 Å². The third-order valence-electron chi connectivity index (χ3n) is 5.23. The smallest absolute Gasteiger partial charge is 0.258 e. The lowest BCUT2D eigenvalue weighted by Crippen LogP contribution is -2.35. The average Bonchev–Trinajstić information content (AvgIpc) is 2.75. The second-order valence-electron chi connectivity index (χ2n) is 7.32. The second kappa shape index (κ2) is 8.28. The average molecular weight is 423 g/mol. The lowest BCUT2D eigenvalue weighted by molar-refractivity contribution is 0.0984. The predicted molar refractivity (Wildman–Crippen MR) is 117 cm³/mol. The predicted octanol–water partition coefficient (Wildman–Crippen LogP) is 5.63. The van der Waals surface area contributed by atoms with Crippen LogP contribution in [0.4, 0.5) is 15.8 Å². The van der Waals surface area contributed by atoms with E-state index in [-0.39, 0.29) is 17.6 Å². The maximum absolute atomic E-state index is 13.2. The van der Waals surface area contributed by atoms with Crippen LogP contribution in [0.3, 0.4) is 0 Å². The van der Waals surface area contributed by atoms with Gasteiger partial charge in [0.25, 0.3) is 11.8 Å². The van der Waals surface area contributed by atoms with Gasteiger partial charge in [-0.25, -0.2) is 4.39 Å². The maximum Gasteiger partial charge on any atom is 0.258 e. The Balaban J connectivity index is 1.57. The van der Waals surface area contributed by atoms with Gasteiger partial charge in [0.05, 0.1) is 0 Å². The number of hydrogen-bond acceptors (Lipinski definition) is 2. The minimum Gasteiger partial charge on any atom is -0.322 e. The van der Waals surface area contributed by atoms with Crippen molar-refractivity contribution in [2.24, 2.45) is 0 Å². The van der Waals surface area contributed by atoms with Crippen molar-refractivity contribution < 1.29 is 14.0 Å². The Kier molecular flexibility index (Phi) is 5.55. The molecule has 1 heterocycles.